The third-order valence-corrected chi connectivity index (χ3v) is 3.47. The minimum Gasteiger partial charge on any atom is -0.384 e. The lowest BCUT2D eigenvalue weighted by Gasteiger charge is -2.12. The smallest absolute Gasteiger partial charge is 0.270 e. The van der Waals surface area contributed by atoms with E-state index in [-0.39, 0.29) is 17.6 Å². The molecule has 7 heteroatoms. The highest BCUT2D eigenvalue weighted by Crippen LogP contribution is 2.22. The molecule has 0 bridgehead atoms. The van der Waals surface area contributed by atoms with Gasteiger partial charge in [-0.15, -0.1) is 0 Å². The zero-order chi connectivity index (χ0) is 15.9. The summed E-state index contributed by atoms with van der Waals surface area (Å²) >= 11 is 0. The van der Waals surface area contributed by atoms with Crippen molar-refractivity contribution >= 4 is 17.2 Å². The van der Waals surface area contributed by atoms with Gasteiger partial charge in [-0.3, -0.25) is 14.9 Å². The van der Waals surface area contributed by atoms with Crippen LogP contribution in [-0.4, -0.2) is 43.2 Å². The molecule has 0 saturated carbocycles. The van der Waals surface area contributed by atoms with Crippen molar-refractivity contribution in [2.45, 2.75) is 25.9 Å². The number of benzene rings is 1. The van der Waals surface area contributed by atoms with Crippen LogP contribution in [0.2, 0.25) is 0 Å². The largest absolute Gasteiger partial charge is 0.384 e. The fraction of sp³-hybridized carbons (Fsp3) is 0.533. The second-order valence-electron chi connectivity index (χ2n) is 5.18. The summed E-state index contributed by atoms with van der Waals surface area (Å²) in [6.07, 6.45) is 1.90. The molecule has 7 nitrogen and oxygen atoms in total. The molecule has 0 aromatic heterocycles. The number of hydrogen-bond acceptors (Lipinski definition) is 6. The molecular weight excluding hydrogens is 288 g/mol. The van der Waals surface area contributed by atoms with Gasteiger partial charge < -0.3 is 14.8 Å². The molecule has 1 aromatic carbocycles. The van der Waals surface area contributed by atoms with Crippen molar-refractivity contribution in [2.75, 3.05) is 31.7 Å². The number of Topliss-reactive ketones (excluding diaryl/α,β-unsaturated/α-hetero) is 1. The zero-order valence-corrected chi connectivity index (χ0v) is 12.5. The Balaban J connectivity index is 1.83. The van der Waals surface area contributed by atoms with E-state index in [2.05, 4.69) is 5.32 Å². The van der Waals surface area contributed by atoms with Gasteiger partial charge in [-0.1, -0.05) is 0 Å². The van der Waals surface area contributed by atoms with Gasteiger partial charge in [0.25, 0.3) is 5.69 Å². The fourth-order valence-corrected chi connectivity index (χ4v) is 2.28. The third-order valence-electron chi connectivity index (χ3n) is 3.47. The number of hydrogen-bond donors (Lipinski definition) is 1. The molecule has 22 heavy (non-hydrogen) atoms. The third kappa shape index (κ3) is 4.51. The van der Waals surface area contributed by atoms with E-state index >= 15 is 0 Å². The predicted molar refractivity (Wildman–Crippen MR) is 81.4 cm³/mol. The molecular formula is C15H20N2O5. The highest BCUT2D eigenvalue weighted by atomic mass is 16.6. The van der Waals surface area contributed by atoms with E-state index in [0.29, 0.717) is 31.0 Å². The first-order valence-corrected chi connectivity index (χ1v) is 7.30. The average molecular weight is 308 g/mol. The van der Waals surface area contributed by atoms with E-state index in [1.165, 1.54) is 19.1 Å². The normalized spacial score (nSPS) is 17.4. The molecule has 1 atom stereocenters. The Hall–Kier alpha value is -1.99. The Morgan fingerprint density at radius 1 is 1.55 bits per heavy atom. The topological polar surface area (TPSA) is 90.7 Å². The van der Waals surface area contributed by atoms with Crippen molar-refractivity contribution in [1.29, 1.82) is 0 Å². The fourth-order valence-electron chi connectivity index (χ4n) is 2.28. The molecule has 0 spiro atoms. The Bertz CT molecular complexity index is 541. The number of anilines is 1. The number of nitro groups is 1. The minimum atomic E-state index is -0.506. The van der Waals surface area contributed by atoms with E-state index in [4.69, 9.17) is 9.47 Å². The maximum Gasteiger partial charge on any atom is 0.270 e. The number of non-ortho nitro benzene ring substituents is 1. The number of rotatable bonds is 8. The van der Waals surface area contributed by atoms with Gasteiger partial charge in [-0.05, 0) is 25.8 Å². The highest BCUT2D eigenvalue weighted by Gasteiger charge is 2.16. The molecule has 0 aliphatic carbocycles. The summed E-state index contributed by atoms with van der Waals surface area (Å²) in [6, 6.07) is 4.26. The summed E-state index contributed by atoms with van der Waals surface area (Å²) in [5, 5.41) is 13.9. The number of ketones is 1. The summed E-state index contributed by atoms with van der Waals surface area (Å²) in [5.74, 6) is -0.203. The number of nitrogens with zero attached hydrogens (tertiary/aromatic N) is 1. The van der Waals surface area contributed by atoms with Crippen LogP contribution in [0, 0.1) is 10.1 Å². The van der Waals surface area contributed by atoms with Gasteiger partial charge in [-0.25, -0.2) is 0 Å². The summed E-state index contributed by atoms with van der Waals surface area (Å²) in [6.45, 7) is 4.06. The summed E-state index contributed by atoms with van der Waals surface area (Å²) in [7, 11) is 0. The lowest BCUT2D eigenvalue weighted by molar-refractivity contribution is -0.384. The first-order chi connectivity index (χ1) is 10.6. The van der Waals surface area contributed by atoms with E-state index in [1.54, 1.807) is 6.07 Å². The van der Waals surface area contributed by atoms with Crippen molar-refractivity contribution in [3.05, 3.63) is 33.9 Å². The van der Waals surface area contributed by atoms with Crippen LogP contribution < -0.4 is 5.32 Å². The maximum atomic E-state index is 11.6. The lowest BCUT2D eigenvalue weighted by atomic mass is 10.1. The molecule has 1 N–H and O–H groups in total. The number of ether oxygens (including phenoxy) is 2. The quantitative estimate of drug-likeness (QED) is 0.343. The molecule has 1 heterocycles. The molecule has 1 saturated heterocycles. The van der Waals surface area contributed by atoms with Crippen LogP contribution in [0.3, 0.4) is 0 Å². The molecule has 0 radical (unpaired) electrons. The SMILES string of the molecule is CC(=O)c1cc([N+](=O)[O-])ccc1NCCCO[C@@H]1CCOC1. The number of nitrogens with one attached hydrogen (secondary N) is 1. The number of carbonyl (C=O) groups excluding carboxylic acids is 1. The Labute approximate surface area is 128 Å². The summed E-state index contributed by atoms with van der Waals surface area (Å²) in [4.78, 5) is 21.9. The first kappa shape index (κ1) is 16.4. The van der Waals surface area contributed by atoms with Gasteiger partial charge in [0.1, 0.15) is 0 Å². The van der Waals surface area contributed by atoms with Crippen LogP contribution in [0.25, 0.3) is 0 Å². The van der Waals surface area contributed by atoms with E-state index in [0.717, 1.165) is 19.4 Å². The molecule has 0 amide bonds. The van der Waals surface area contributed by atoms with Gasteiger partial charge in [-0.2, -0.15) is 0 Å². The van der Waals surface area contributed by atoms with Crippen molar-refractivity contribution in [1.82, 2.24) is 0 Å². The number of nitro benzene ring substituents is 1. The second kappa shape index (κ2) is 7.86. The molecule has 0 unspecified atom stereocenters. The molecule has 1 aliphatic heterocycles. The Kier molecular flexibility index (Phi) is 5.85. The Morgan fingerprint density at radius 2 is 2.36 bits per heavy atom. The van der Waals surface area contributed by atoms with E-state index in [9.17, 15) is 14.9 Å². The monoisotopic (exact) mass is 308 g/mol. The lowest BCUT2D eigenvalue weighted by Crippen LogP contribution is -2.15. The molecule has 1 fully saturated rings. The summed E-state index contributed by atoms with van der Waals surface area (Å²) in [5.41, 5.74) is 0.863. The van der Waals surface area contributed by atoms with Crippen LogP contribution in [-0.2, 0) is 9.47 Å². The van der Waals surface area contributed by atoms with E-state index < -0.39 is 4.92 Å². The zero-order valence-electron chi connectivity index (χ0n) is 12.5. The van der Waals surface area contributed by atoms with Gasteiger partial charge in [0, 0.05) is 43.1 Å². The van der Waals surface area contributed by atoms with Crippen molar-refractivity contribution < 1.29 is 19.2 Å². The van der Waals surface area contributed by atoms with Crippen molar-refractivity contribution in [3.63, 3.8) is 0 Å². The maximum absolute atomic E-state index is 11.6. The van der Waals surface area contributed by atoms with Gasteiger partial charge in [0.05, 0.1) is 17.6 Å². The molecule has 120 valence electrons. The van der Waals surface area contributed by atoms with Gasteiger partial charge in [0.15, 0.2) is 5.78 Å². The standard InChI is InChI=1S/C15H20N2O5/c1-11(18)14-9-12(17(19)20)3-4-15(14)16-6-2-7-22-13-5-8-21-10-13/h3-4,9,13,16H,2,5-8,10H2,1H3/t13-/m1/s1. The highest BCUT2D eigenvalue weighted by molar-refractivity contribution is 6.00. The van der Waals surface area contributed by atoms with Crippen LogP contribution in [0.15, 0.2) is 18.2 Å². The van der Waals surface area contributed by atoms with Crippen LogP contribution in [0.5, 0.6) is 0 Å². The molecule has 1 aliphatic rings. The van der Waals surface area contributed by atoms with Crippen LogP contribution >= 0.6 is 0 Å². The second-order valence-corrected chi connectivity index (χ2v) is 5.18. The van der Waals surface area contributed by atoms with Gasteiger partial charge in [0.2, 0.25) is 0 Å². The Morgan fingerprint density at radius 3 is 3.00 bits per heavy atom. The molecule has 2 rings (SSSR count). The number of carbonyl (C=O) groups is 1. The molecule has 1 aromatic rings. The van der Waals surface area contributed by atoms with Gasteiger partial charge >= 0.3 is 0 Å². The van der Waals surface area contributed by atoms with Crippen LogP contribution in [0.4, 0.5) is 11.4 Å². The van der Waals surface area contributed by atoms with Crippen molar-refractivity contribution in [3.8, 4) is 0 Å². The average Bonchev–Trinajstić information content (AvgIpc) is 3.00. The first-order valence-electron chi connectivity index (χ1n) is 7.30. The minimum absolute atomic E-state index is 0.0830. The summed E-state index contributed by atoms with van der Waals surface area (Å²) < 4.78 is 10.9. The van der Waals surface area contributed by atoms with E-state index in [1.807, 2.05) is 0 Å². The predicted octanol–water partition coefficient (Wildman–Crippen LogP) is 2.40. The van der Waals surface area contributed by atoms with Crippen molar-refractivity contribution in [2.24, 2.45) is 0 Å². The van der Waals surface area contributed by atoms with Crippen LogP contribution in [0.1, 0.15) is 30.1 Å².